The van der Waals surface area contributed by atoms with Crippen molar-refractivity contribution in [3.63, 3.8) is 0 Å². The smallest absolute Gasteiger partial charge is 0.408 e. The van der Waals surface area contributed by atoms with Crippen LogP contribution in [0.15, 0.2) is 60.7 Å². The molecule has 4 bridgehead atoms. The van der Waals surface area contributed by atoms with Crippen LogP contribution < -0.4 is 16.0 Å². The number of nitrogens with one attached hydrogen (secondary N) is 3. The topological polar surface area (TPSA) is 134 Å². The summed E-state index contributed by atoms with van der Waals surface area (Å²) in [6.45, 7) is 1.74. The Kier molecular flexibility index (Phi) is 9.14. The molecule has 3 amide bonds. The molecule has 0 aliphatic heterocycles. The zero-order chi connectivity index (χ0) is 29.7. The van der Waals surface area contributed by atoms with Crippen molar-refractivity contribution in [2.24, 2.45) is 23.7 Å². The minimum atomic E-state index is -1.32. The summed E-state index contributed by atoms with van der Waals surface area (Å²) in [6.07, 6.45) is 4.88. The van der Waals surface area contributed by atoms with Gasteiger partial charge in [0.2, 0.25) is 11.8 Å². The molecule has 2 atom stereocenters. The zero-order valence-electron chi connectivity index (χ0n) is 24.1. The molecule has 4 saturated carbocycles. The lowest BCUT2D eigenvalue weighted by atomic mass is 9.55. The molecule has 0 aromatic heterocycles. The molecule has 9 heteroatoms. The van der Waals surface area contributed by atoms with Crippen LogP contribution in [0.5, 0.6) is 0 Å². The van der Waals surface area contributed by atoms with Crippen molar-refractivity contribution >= 4 is 23.9 Å². The molecule has 2 aromatic rings. The molecule has 224 valence electrons. The third-order valence-electron chi connectivity index (χ3n) is 9.23. The Bertz CT molecular complexity index is 1240. The Balaban J connectivity index is 1.27. The van der Waals surface area contributed by atoms with E-state index in [1.165, 1.54) is 6.42 Å². The van der Waals surface area contributed by atoms with Gasteiger partial charge in [0.1, 0.15) is 11.6 Å². The molecule has 4 N–H and O–H groups in total. The largest absolute Gasteiger partial charge is 0.481 e. The summed E-state index contributed by atoms with van der Waals surface area (Å²) in [4.78, 5) is 50.6. The molecule has 0 heterocycles. The third kappa shape index (κ3) is 7.30. The molecule has 4 fully saturated rings. The van der Waals surface area contributed by atoms with Gasteiger partial charge >= 0.3 is 12.1 Å². The van der Waals surface area contributed by atoms with Gasteiger partial charge < -0.3 is 25.8 Å². The van der Waals surface area contributed by atoms with Gasteiger partial charge in [0.05, 0.1) is 12.5 Å². The summed E-state index contributed by atoms with van der Waals surface area (Å²) in [5.74, 6) is 0.422. The molecule has 0 radical (unpaired) electrons. The predicted octanol–water partition coefficient (Wildman–Crippen LogP) is 4.38. The Morgan fingerprint density at radius 1 is 0.881 bits per heavy atom. The van der Waals surface area contributed by atoms with E-state index in [2.05, 4.69) is 16.0 Å². The Morgan fingerprint density at radius 3 is 2.07 bits per heavy atom. The SMILES string of the molecule is CC(Cc1ccccc1)(NC(=O)OC1C2CC3CC(C2)CC1C3)C(=O)NC[C@H](NC(=O)CCC(=O)O)c1ccccc1. The van der Waals surface area contributed by atoms with Gasteiger partial charge in [-0.2, -0.15) is 0 Å². The van der Waals surface area contributed by atoms with E-state index in [0.29, 0.717) is 11.8 Å². The van der Waals surface area contributed by atoms with Crippen molar-refractivity contribution in [3.05, 3.63) is 71.8 Å². The van der Waals surface area contributed by atoms with Gasteiger partial charge in [-0.15, -0.1) is 0 Å². The number of rotatable bonds is 12. The van der Waals surface area contributed by atoms with Crippen molar-refractivity contribution in [1.82, 2.24) is 16.0 Å². The molecular formula is C33H41N3O6. The molecule has 42 heavy (non-hydrogen) atoms. The fourth-order valence-electron chi connectivity index (χ4n) is 7.45. The molecule has 0 saturated heterocycles. The number of alkyl carbamates (subject to hydrolysis) is 1. The van der Waals surface area contributed by atoms with Crippen LogP contribution >= 0.6 is 0 Å². The minimum Gasteiger partial charge on any atom is -0.481 e. The van der Waals surface area contributed by atoms with Crippen molar-refractivity contribution in [2.75, 3.05) is 6.54 Å². The average molecular weight is 576 g/mol. The fraction of sp³-hybridized carbons (Fsp3) is 0.515. The lowest BCUT2D eigenvalue weighted by Crippen LogP contribution is -2.60. The van der Waals surface area contributed by atoms with Gasteiger partial charge in [0, 0.05) is 19.4 Å². The van der Waals surface area contributed by atoms with Crippen LogP contribution in [0, 0.1) is 23.7 Å². The first kappa shape index (κ1) is 29.6. The molecule has 1 unspecified atom stereocenters. The number of hydrogen-bond acceptors (Lipinski definition) is 5. The van der Waals surface area contributed by atoms with Crippen LogP contribution in [0.1, 0.15) is 69.0 Å². The number of carbonyl (C=O) groups excluding carboxylic acids is 3. The van der Waals surface area contributed by atoms with Crippen LogP contribution in [0.25, 0.3) is 0 Å². The van der Waals surface area contributed by atoms with Crippen molar-refractivity contribution in [3.8, 4) is 0 Å². The number of ether oxygens (including phenoxy) is 1. The van der Waals surface area contributed by atoms with E-state index < -0.39 is 35.5 Å². The monoisotopic (exact) mass is 575 g/mol. The van der Waals surface area contributed by atoms with E-state index in [4.69, 9.17) is 9.84 Å². The molecular weight excluding hydrogens is 534 g/mol. The number of hydrogen-bond donors (Lipinski definition) is 4. The van der Waals surface area contributed by atoms with Crippen LogP contribution in [0.3, 0.4) is 0 Å². The van der Waals surface area contributed by atoms with Gasteiger partial charge in [-0.25, -0.2) is 4.79 Å². The molecule has 9 nitrogen and oxygen atoms in total. The van der Waals surface area contributed by atoms with E-state index in [0.717, 1.165) is 48.6 Å². The summed E-state index contributed by atoms with van der Waals surface area (Å²) in [5.41, 5.74) is 0.325. The molecule has 0 spiro atoms. The maximum atomic E-state index is 13.8. The highest BCUT2D eigenvalue weighted by Crippen LogP contribution is 2.54. The third-order valence-corrected chi connectivity index (χ3v) is 9.23. The van der Waals surface area contributed by atoms with Gasteiger partial charge in [-0.05, 0) is 73.8 Å². The number of benzene rings is 2. The normalized spacial score (nSPS) is 26.0. The molecule has 4 aliphatic carbocycles. The van der Waals surface area contributed by atoms with Crippen LogP contribution in [0.4, 0.5) is 4.79 Å². The number of carbonyl (C=O) groups is 4. The van der Waals surface area contributed by atoms with E-state index in [1.807, 2.05) is 60.7 Å². The molecule has 6 rings (SSSR count). The number of aliphatic carboxylic acids is 1. The van der Waals surface area contributed by atoms with Gasteiger partial charge in [-0.1, -0.05) is 60.7 Å². The summed E-state index contributed by atoms with van der Waals surface area (Å²) < 4.78 is 6.07. The summed E-state index contributed by atoms with van der Waals surface area (Å²) in [5, 5.41) is 17.6. The van der Waals surface area contributed by atoms with Crippen LogP contribution in [0.2, 0.25) is 0 Å². The lowest BCUT2D eigenvalue weighted by Gasteiger charge is -2.53. The number of carboxylic acid groups (broad SMARTS) is 1. The summed E-state index contributed by atoms with van der Waals surface area (Å²) in [7, 11) is 0. The number of amides is 3. The Labute approximate surface area is 246 Å². The van der Waals surface area contributed by atoms with E-state index >= 15 is 0 Å². The second-order valence-electron chi connectivity index (χ2n) is 12.6. The fourth-order valence-corrected chi connectivity index (χ4v) is 7.45. The second-order valence-corrected chi connectivity index (χ2v) is 12.6. The first-order chi connectivity index (χ1) is 20.2. The quantitative estimate of drug-likeness (QED) is 0.297. The van der Waals surface area contributed by atoms with E-state index in [9.17, 15) is 19.2 Å². The second kappa shape index (κ2) is 13.0. The van der Waals surface area contributed by atoms with Crippen LogP contribution in [-0.2, 0) is 25.5 Å². The zero-order valence-corrected chi connectivity index (χ0v) is 24.1. The highest BCUT2D eigenvalue weighted by Gasteiger charge is 2.50. The van der Waals surface area contributed by atoms with Crippen molar-refractivity contribution in [1.29, 1.82) is 0 Å². The van der Waals surface area contributed by atoms with Crippen molar-refractivity contribution in [2.45, 2.75) is 76.0 Å². The number of carboxylic acids is 1. The maximum absolute atomic E-state index is 13.8. The first-order valence-corrected chi connectivity index (χ1v) is 15.1. The van der Waals surface area contributed by atoms with Crippen LogP contribution in [-0.4, -0.2) is 47.2 Å². The molecule has 4 aliphatic rings. The van der Waals surface area contributed by atoms with Gasteiger partial charge in [0.15, 0.2) is 0 Å². The highest BCUT2D eigenvalue weighted by molar-refractivity contribution is 5.90. The van der Waals surface area contributed by atoms with Crippen molar-refractivity contribution < 1.29 is 29.0 Å². The minimum absolute atomic E-state index is 0.0539. The van der Waals surface area contributed by atoms with Gasteiger partial charge in [0.25, 0.3) is 0 Å². The average Bonchev–Trinajstić information content (AvgIpc) is 2.96. The Morgan fingerprint density at radius 2 is 1.48 bits per heavy atom. The lowest BCUT2D eigenvalue weighted by molar-refractivity contribution is -0.138. The Hall–Kier alpha value is -3.88. The molecule has 2 aromatic carbocycles. The van der Waals surface area contributed by atoms with E-state index in [-0.39, 0.29) is 31.9 Å². The summed E-state index contributed by atoms with van der Waals surface area (Å²) >= 11 is 0. The van der Waals surface area contributed by atoms with E-state index in [1.54, 1.807) is 6.92 Å². The maximum Gasteiger partial charge on any atom is 0.408 e. The highest BCUT2D eigenvalue weighted by atomic mass is 16.6. The first-order valence-electron chi connectivity index (χ1n) is 15.1. The standard InChI is InChI=1S/C33H41N3O6/c1-33(19-21-8-4-2-5-9-21,36-32(41)42-30-25-15-22-14-23(17-25)18-26(30)16-22)31(40)34-20-27(24-10-6-3-7-11-24)35-28(37)12-13-29(38)39/h2-11,22-23,25-27,30H,12-20H2,1H3,(H,34,40)(H,35,37)(H,36,41)(H,38,39)/t22?,23?,25?,26?,27-,30?,33?/m0/s1. The van der Waals surface area contributed by atoms with Gasteiger partial charge in [-0.3, -0.25) is 14.4 Å². The predicted molar refractivity (Wildman–Crippen MR) is 156 cm³/mol. The summed E-state index contributed by atoms with van der Waals surface area (Å²) in [6, 6.07) is 18.1.